The standard InChI is InChI=1S/C20H18N2O4S/c23-19-6-3-11-22(19)14-7-9-15(10-8-14)25-13-20(24)26-12-18-21-16-4-1-2-5-17(16)27-18/h1-2,4-5,7-10H,3,6,11-13H2. The van der Waals surface area contributed by atoms with Gasteiger partial charge in [0.05, 0.1) is 10.2 Å². The van der Waals surface area contributed by atoms with E-state index in [-0.39, 0.29) is 19.1 Å². The zero-order valence-corrected chi connectivity index (χ0v) is 15.4. The van der Waals surface area contributed by atoms with E-state index < -0.39 is 5.97 Å². The molecule has 0 radical (unpaired) electrons. The van der Waals surface area contributed by atoms with Gasteiger partial charge in [-0.1, -0.05) is 12.1 Å². The van der Waals surface area contributed by atoms with Crippen molar-refractivity contribution in [1.82, 2.24) is 4.98 Å². The highest BCUT2D eigenvalue weighted by Crippen LogP contribution is 2.24. The van der Waals surface area contributed by atoms with Gasteiger partial charge in [-0.25, -0.2) is 9.78 Å². The van der Waals surface area contributed by atoms with Crippen LogP contribution in [0.1, 0.15) is 17.8 Å². The Morgan fingerprint density at radius 3 is 2.70 bits per heavy atom. The van der Waals surface area contributed by atoms with E-state index in [0.717, 1.165) is 33.9 Å². The molecule has 2 heterocycles. The third-order valence-electron chi connectivity index (χ3n) is 4.27. The van der Waals surface area contributed by atoms with Crippen molar-refractivity contribution in [3.05, 3.63) is 53.5 Å². The number of fused-ring (bicyclic) bond motifs is 1. The van der Waals surface area contributed by atoms with Crippen LogP contribution in [0, 0.1) is 0 Å². The molecule has 0 spiro atoms. The second kappa shape index (κ2) is 7.75. The Morgan fingerprint density at radius 1 is 1.15 bits per heavy atom. The first kappa shape index (κ1) is 17.5. The molecular formula is C20H18N2O4S. The van der Waals surface area contributed by atoms with E-state index in [1.807, 2.05) is 36.4 Å². The minimum atomic E-state index is -0.451. The van der Waals surface area contributed by atoms with E-state index >= 15 is 0 Å². The minimum Gasteiger partial charge on any atom is -0.482 e. The average Bonchev–Trinajstić information content (AvgIpc) is 3.30. The van der Waals surface area contributed by atoms with E-state index in [9.17, 15) is 9.59 Å². The number of ether oxygens (including phenoxy) is 2. The van der Waals surface area contributed by atoms with Gasteiger partial charge >= 0.3 is 5.97 Å². The van der Waals surface area contributed by atoms with Crippen LogP contribution < -0.4 is 9.64 Å². The number of hydrogen-bond donors (Lipinski definition) is 0. The highest BCUT2D eigenvalue weighted by molar-refractivity contribution is 7.18. The van der Waals surface area contributed by atoms with Crippen LogP contribution in [0.25, 0.3) is 10.2 Å². The Kier molecular flexibility index (Phi) is 5.02. The fourth-order valence-electron chi connectivity index (χ4n) is 2.95. The molecule has 0 unspecified atom stereocenters. The summed E-state index contributed by atoms with van der Waals surface area (Å²) in [6.07, 6.45) is 1.48. The van der Waals surface area contributed by atoms with Crippen LogP contribution in [0.5, 0.6) is 5.75 Å². The fourth-order valence-corrected chi connectivity index (χ4v) is 3.83. The molecule has 6 nitrogen and oxygen atoms in total. The van der Waals surface area contributed by atoms with Gasteiger partial charge in [-0.3, -0.25) is 4.79 Å². The van der Waals surface area contributed by atoms with E-state index in [4.69, 9.17) is 9.47 Å². The molecule has 0 atom stereocenters. The maximum Gasteiger partial charge on any atom is 0.344 e. The molecule has 1 saturated heterocycles. The second-order valence-electron chi connectivity index (χ2n) is 6.17. The SMILES string of the molecule is O=C(COc1ccc(N2CCCC2=O)cc1)OCc1nc2ccccc2s1. The van der Waals surface area contributed by atoms with E-state index in [1.165, 1.54) is 11.3 Å². The molecule has 1 aromatic heterocycles. The number of anilines is 1. The van der Waals surface area contributed by atoms with Crippen LogP contribution in [0.4, 0.5) is 5.69 Å². The number of hydrogen-bond acceptors (Lipinski definition) is 6. The van der Waals surface area contributed by atoms with Crippen LogP contribution >= 0.6 is 11.3 Å². The Bertz CT molecular complexity index is 935. The Morgan fingerprint density at radius 2 is 1.96 bits per heavy atom. The predicted molar refractivity (Wildman–Crippen MR) is 103 cm³/mol. The zero-order chi connectivity index (χ0) is 18.6. The smallest absolute Gasteiger partial charge is 0.344 e. The molecule has 0 aliphatic carbocycles. The first-order valence-electron chi connectivity index (χ1n) is 8.72. The summed E-state index contributed by atoms with van der Waals surface area (Å²) in [5.41, 5.74) is 1.75. The summed E-state index contributed by atoms with van der Waals surface area (Å²) in [4.78, 5) is 29.8. The summed E-state index contributed by atoms with van der Waals surface area (Å²) in [7, 11) is 0. The van der Waals surface area contributed by atoms with Crippen molar-refractivity contribution in [3.63, 3.8) is 0 Å². The van der Waals surface area contributed by atoms with Gasteiger partial charge in [0.25, 0.3) is 0 Å². The summed E-state index contributed by atoms with van der Waals surface area (Å²) < 4.78 is 11.8. The third-order valence-corrected chi connectivity index (χ3v) is 5.28. The lowest BCUT2D eigenvalue weighted by Gasteiger charge is -2.16. The highest BCUT2D eigenvalue weighted by Gasteiger charge is 2.21. The van der Waals surface area contributed by atoms with Gasteiger partial charge in [-0.15, -0.1) is 11.3 Å². The van der Waals surface area contributed by atoms with E-state index in [2.05, 4.69) is 4.98 Å². The van der Waals surface area contributed by atoms with Crippen molar-refractivity contribution in [2.75, 3.05) is 18.1 Å². The molecule has 138 valence electrons. The Hall–Kier alpha value is -2.93. The highest BCUT2D eigenvalue weighted by atomic mass is 32.1. The molecule has 27 heavy (non-hydrogen) atoms. The van der Waals surface area contributed by atoms with Crippen molar-refractivity contribution >= 4 is 39.1 Å². The summed E-state index contributed by atoms with van der Waals surface area (Å²) in [6, 6.07) is 15.0. The molecular weight excluding hydrogens is 364 g/mol. The topological polar surface area (TPSA) is 68.7 Å². The lowest BCUT2D eigenvalue weighted by Crippen LogP contribution is -2.23. The summed E-state index contributed by atoms with van der Waals surface area (Å²) >= 11 is 1.51. The monoisotopic (exact) mass is 382 g/mol. The number of esters is 1. The summed E-state index contributed by atoms with van der Waals surface area (Å²) in [5, 5.41) is 0.754. The molecule has 1 aliphatic rings. The molecule has 1 aliphatic heterocycles. The number of para-hydroxylation sites is 1. The number of amides is 1. The number of carbonyl (C=O) groups is 2. The van der Waals surface area contributed by atoms with Crippen molar-refractivity contribution in [2.45, 2.75) is 19.4 Å². The minimum absolute atomic E-state index is 0.136. The van der Waals surface area contributed by atoms with Gasteiger partial charge in [0.2, 0.25) is 5.91 Å². The first-order valence-corrected chi connectivity index (χ1v) is 9.54. The number of rotatable bonds is 6. The van der Waals surface area contributed by atoms with Gasteiger partial charge in [0.1, 0.15) is 17.4 Å². The molecule has 1 fully saturated rings. The average molecular weight is 382 g/mol. The number of benzene rings is 2. The van der Waals surface area contributed by atoms with E-state index in [1.54, 1.807) is 17.0 Å². The van der Waals surface area contributed by atoms with Crippen LogP contribution in [-0.4, -0.2) is 30.0 Å². The van der Waals surface area contributed by atoms with Crippen LogP contribution in [0.3, 0.4) is 0 Å². The van der Waals surface area contributed by atoms with Crippen molar-refractivity contribution < 1.29 is 19.1 Å². The van der Waals surface area contributed by atoms with E-state index in [0.29, 0.717) is 12.2 Å². The number of aromatic nitrogens is 1. The maximum atomic E-state index is 11.9. The quantitative estimate of drug-likeness (QED) is 0.610. The molecule has 7 heteroatoms. The first-order chi connectivity index (χ1) is 13.2. The summed E-state index contributed by atoms with van der Waals surface area (Å²) in [6.45, 7) is 0.710. The van der Waals surface area contributed by atoms with Crippen molar-refractivity contribution in [2.24, 2.45) is 0 Å². The van der Waals surface area contributed by atoms with Crippen LogP contribution in [-0.2, 0) is 20.9 Å². The lowest BCUT2D eigenvalue weighted by atomic mass is 10.3. The summed E-state index contributed by atoms with van der Waals surface area (Å²) in [5.74, 6) is 0.248. The number of nitrogens with zero attached hydrogens (tertiary/aromatic N) is 2. The second-order valence-corrected chi connectivity index (χ2v) is 7.28. The number of carbonyl (C=O) groups excluding carboxylic acids is 2. The largest absolute Gasteiger partial charge is 0.482 e. The molecule has 0 N–H and O–H groups in total. The van der Waals surface area contributed by atoms with Gasteiger partial charge < -0.3 is 14.4 Å². The Labute approximate surface area is 160 Å². The number of thiazole rings is 1. The molecule has 2 aromatic carbocycles. The van der Waals surface area contributed by atoms with Gasteiger partial charge in [0, 0.05) is 18.7 Å². The van der Waals surface area contributed by atoms with Gasteiger partial charge in [-0.05, 0) is 42.8 Å². The van der Waals surface area contributed by atoms with Crippen molar-refractivity contribution in [3.8, 4) is 5.75 Å². The third kappa shape index (κ3) is 4.09. The lowest BCUT2D eigenvalue weighted by molar-refractivity contribution is -0.147. The molecule has 0 bridgehead atoms. The Balaban J connectivity index is 1.27. The van der Waals surface area contributed by atoms with Crippen LogP contribution in [0.15, 0.2) is 48.5 Å². The van der Waals surface area contributed by atoms with Gasteiger partial charge in [0.15, 0.2) is 6.61 Å². The van der Waals surface area contributed by atoms with Gasteiger partial charge in [-0.2, -0.15) is 0 Å². The zero-order valence-electron chi connectivity index (χ0n) is 14.6. The van der Waals surface area contributed by atoms with Crippen molar-refractivity contribution in [1.29, 1.82) is 0 Å². The predicted octanol–water partition coefficient (Wildman–Crippen LogP) is 3.55. The maximum absolute atomic E-state index is 11.9. The fraction of sp³-hybridized carbons (Fsp3) is 0.250. The molecule has 4 rings (SSSR count). The molecule has 0 saturated carbocycles. The molecule has 3 aromatic rings. The van der Waals surface area contributed by atoms with Crippen LogP contribution in [0.2, 0.25) is 0 Å². The molecule has 1 amide bonds. The normalized spacial score (nSPS) is 13.9.